The number of benzene rings is 2. The summed E-state index contributed by atoms with van der Waals surface area (Å²) >= 11 is 0. The minimum absolute atomic E-state index is 0.0122. The highest BCUT2D eigenvalue weighted by molar-refractivity contribution is 5.91. The van der Waals surface area contributed by atoms with Crippen LogP contribution >= 0.6 is 0 Å². The third-order valence-corrected chi connectivity index (χ3v) is 7.68. The second-order valence-corrected chi connectivity index (χ2v) is 10.2. The third kappa shape index (κ3) is 5.08. The standard InChI is InChI=1S/C28H29F3N2O5/c29-28(30,31)26(17-7-2-1-3-8-17)38-27(37)33-21-11-5-4-9-19(21)25(20-10-6-12-22(20)33)32(18-13-14-18)23(34)15-16-24(35)36/h1-5,7-9,11,18,20,22,25-26H,6,10,12-16H2,(H,35,36)/t20?,22?,25?,26-/m1/s1. The van der Waals surface area contributed by atoms with Gasteiger partial charge in [-0.05, 0) is 37.3 Å². The van der Waals surface area contributed by atoms with Crippen LogP contribution < -0.4 is 4.90 Å². The summed E-state index contributed by atoms with van der Waals surface area (Å²) in [5.74, 6) is -1.51. The molecule has 0 bridgehead atoms. The Morgan fingerprint density at radius 2 is 1.66 bits per heavy atom. The summed E-state index contributed by atoms with van der Waals surface area (Å²) in [6, 6.07) is 13.2. The van der Waals surface area contributed by atoms with Crippen molar-refractivity contribution in [2.24, 2.45) is 5.92 Å². The molecule has 0 spiro atoms. The van der Waals surface area contributed by atoms with Crippen LogP contribution in [0.15, 0.2) is 54.6 Å². The summed E-state index contributed by atoms with van der Waals surface area (Å²) in [6.07, 6.45) is -5.08. The molecule has 1 aliphatic heterocycles. The van der Waals surface area contributed by atoms with Gasteiger partial charge in [0.25, 0.3) is 0 Å². The smallest absolute Gasteiger partial charge is 0.429 e. The Labute approximate surface area is 218 Å². The largest absolute Gasteiger partial charge is 0.481 e. The molecule has 5 rings (SSSR count). The number of alkyl halides is 3. The van der Waals surface area contributed by atoms with Crippen LogP contribution in [0.1, 0.15) is 68.2 Å². The number of hydrogen-bond acceptors (Lipinski definition) is 4. The zero-order valence-electron chi connectivity index (χ0n) is 20.6. The number of carboxylic acid groups (broad SMARTS) is 1. The number of anilines is 1. The van der Waals surface area contributed by atoms with E-state index in [-0.39, 0.29) is 42.3 Å². The van der Waals surface area contributed by atoms with Gasteiger partial charge in [-0.25, -0.2) is 4.79 Å². The lowest BCUT2D eigenvalue weighted by Gasteiger charge is -2.47. The van der Waals surface area contributed by atoms with E-state index in [1.54, 1.807) is 35.2 Å². The van der Waals surface area contributed by atoms with Crippen molar-refractivity contribution >= 4 is 23.7 Å². The van der Waals surface area contributed by atoms with Crippen LogP contribution in [-0.4, -0.2) is 46.2 Å². The van der Waals surface area contributed by atoms with Gasteiger partial charge in [0.05, 0.1) is 18.2 Å². The van der Waals surface area contributed by atoms with Crippen LogP contribution in [0.5, 0.6) is 0 Å². The van der Waals surface area contributed by atoms with Crippen LogP contribution in [0.3, 0.4) is 0 Å². The minimum Gasteiger partial charge on any atom is -0.481 e. The highest BCUT2D eigenvalue weighted by atomic mass is 19.4. The van der Waals surface area contributed by atoms with Gasteiger partial charge in [0, 0.05) is 30.0 Å². The number of fused-ring (bicyclic) bond motifs is 2. The molecule has 4 atom stereocenters. The van der Waals surface area contributed by atoms with E-state index in [1.807, 2.05) is 0 Å². The Hall–Kier alpha value is -3.56. The second-order valence-electron chi connectivity index (χ2n) is 10.2. The van der Waals surface area contributed by atoms with Crippen molar-refractivity contribution < 1.29 is 37.4 Å². The van der Waals surface area contributed by atoms with Crippen molar-refractivity contribution in [3.05, 3.63) is 65.7 Å². The molecular weight excluding hydrogens is 501 g/mol. The van der Waals surface area contributed by atoms with E-state index < -0.39 is 30.4 Å². The zero-order valence-corrected chi connectivity index (χ0v) is 20.6. The predicted molar refractivity (Wildman–Crippen MR) is 131 cm³/mol. The van der Waals surface area contributed by atoms with E-state index in [0.29, 0.717) is 24.1 Å². The van der Waals surface area contributed by atoms with E-state index in [2.05, 4.69) is 0 Å². The van der Waals surface area contributed by atoms with Crippen LogP contribution in [0.4, 0.5) is 23.7 Å². The predicted octanol–water partition coefficient (Wildman–Crippen LogP) is 6.01. The Balaban J connectivity index is 1.50. The summed E-state index contributed by atoms with van der Waals surface area (Å²) < 4.78 is 47.2. The molecule has 0 saturated heterocycles. The van der Waals surface area contributed by atoms with Crippen molar-refractivity contribution in [3.8, 4) is 0 Å². The van der Waals surface area contributed by atoms with Crippen molar-refractivity contribution in [1.29, 1.82) is 0 Å². The molecule has 3 aliphatic rings. The normalized spacial score (nSPS) is 23.2. The lowest BCUT2D eigenvalue weighted by molar-refractivity contribution is -0.206. The number of nitrogens with zero attached hydrogens (tertiary/aromatic N) is 2. The Kier molecular flexibility index (Phi) is 7.07. The molecule has 2 aliphatic carbocycles. The van der Waals surface area contributed by atoms with Gasteiger partial charge in [0.2, 0.25) is 12.0 Å². The average molecular weight is 531 g/mol. The van der Waals surface area contributed by atoms with Crippen LogP contribution in [0.2, 0.25) is 0 Å². The first-order chi connectivity index (χ1) is 18.2. The maximum Gasteiger partial charge on any atom is 0.429 e. The van der Waals surface area contributed by atoms with E-state index in [1.165, 1.54) is 29.2 Å². The maximum absolute atomic E-state index is 14.0. The monoisotopic (exact) mass is 530 g/mol. The molecule has 2 saturated carbocycles. The highest BCUT2D eigenvalue weighted by Crippen LogP contribution is 2.53. The topological polar surface area (TPSA) is 87.2 Å². The maximum atomic E-state index is 14.0. The number of hydrogen-bond donors (Lipinski definition) is 1. The van der Waals surface area contributed by atoms with Crippen LogP contribution in [0.25, 0.3) is 0 Å². The van der Waals surface area contributed by atoms with Gasteiger partial charge in [-0.1, -0.05) is 55.0 Å². The molecular formula is C28H29F3N2O5. The first kappa shape index (κ1) is 26.1. The molecule has 1 heterocycles. The number of halogens is 3. The summed E-state index contributed by atoms with van der Waals surface area (Å²) in [5.41, 5.74) is 0.936. The summed E-state index contributed by atoms with van der Waals surface area (Å²) in [4.78, 5) is 41.1. The van der Waals surface area contributed by atoms with E-state index in [4.69, 9.17) is 9.84 Å². The van der Waals surface area contributed by atoms with E-state index >= 15 is 0 Å². The number of carbonyl (C=O) groups is 3. The number of rotatable bonds is 7. The van der Waals surface area contributed by atoms with Gasteiger partial charge in [0.15, 0.2) is 0 Å². The molecule has 0 aromatic heterocycles. The molecule has 202 valence electrons. The summed E-state index contributed by atoms with van der Waals surface area (Å²) in [5, 5.41) is 9.12. The van der Waals surface area contributed by atoms with Gasteiger partial charge in [-0.2, -0.15) is 13.2 Å². The van der Waals surface area contributed by atoms with Crippen molar-refractivity contribution in [2.45, 2.75) is 75.4 Å². The number of aliphatic carboxylic acids is 1. The van der Waals surface area contributed by atoms with Crippen LogP contribution in [0, 0.1) is 5.92 Å². The highest BCUT2D eigenvalue weighted by Gasteiger charge is 2.53. The molecule has 2 fully saturated rings. The minimum atomic E-state index is -4.80. The van der Waals surface area contributed by atoms with Gasteiger partial charge in [-0.3, -0.25) is 14.5 Å². The number of ether oxygens (including phenoxy) is 1. The number of para-hydroxylation sites is 1. The van der Waals surface area contributed by atoms with Gasteiger partial charge >= 0.3 is 18.2 Å². The van der Waals surface area contributed by atoms with Crippen molar-refractivity contribution in [2.75, 3.05) is 4.90 Å². The van der Waals surface area contributed by atoms with E-state index in [9.17, 15) is 27.6 Å². The average Bonchev–Trinajstić information content (AvgIpc) is 3.61. The fourth-order valence-electron chi connectivity index (χ4n) is 6.01. The number of carbonyl (C=O) groups excluding carboxylic acids is 2. The fourth-order valence-corrected chi connectivity index (χ4v) is 6.01. The fraction of sp³-hybridized carbons (Fsp3) is 0.464. The molecule has 7 nitrogen and oxygen atoms in total. The first-order valence-corrected chi connectivity index (χ1v) is 12.9. The molecule has 1 N–H and O–H groups in total. The zero-order chi connectivity index (χ0) is 27.0. The Bertz CT molecular complexity index is 1200. The third-order valence-electron chi connectivity index (χ3n) is 7.68. The molecule has 10 heteroatoms. The van der Waals surface area contributed by atoms with Gasteiger partial charge < -0.3 is 14.7 Å². The lowest BCUT2D eigenvalue weighted by atomic mass is 9.81. The lowest BCUT2D eigenvalue weighted by Crippen LogP contribution is -2.53. The van der Waals surface area contributed by atoms with Crippen molar-refractivity contribution in [3.63, 3.8) is 0 Å². The molecule has 2 aromatic carbocycles. The molecule has 2 aromatic rings. The summed E-state index contributed by atoms with van der Waals surface area (Å²) in [6.45, 7) is 0. The van der Waals surface area contributed by atoms with Crippen molar-refractivity contribution in [1.82, 2.24) is 4.90 Å². The molecule has 38 heavy (non-hydrogen) atoms. The van der Waals surface area contributed by atoms with E-state index in [0.717, 1.165) is 19.3 Å². The quantitative estimate of drug-likeness (QED) is 0.474. The molecule has 2 amide bonds. The number of carboxylic acids is 1. The van der Waals surface area contributed by atoms with Gasteiger partial charge in [-0.15, -0.1) is 0 Å². The SMILES string of the molecule is O=C(O)CCC(=O)N(C1CC1)C1c2ccccc2N(C(=O)O[C@H](c2ccccc2)C(F)(F)F)C2CCCC21. The summed E-state index contributed by atoms with van der Waals surface area (Å²) in [7, 11) is 0. The number of amides is 2. The first-order valence-electron chi connectivity index (χ1n) is 12.9. The van der Waals surface area contributed by atoms with Gasteiger partial charge in [0.1, 0.15) is 0 Å². The molecule has 3 unspecified atom stereocenters. The Morgan fingerprint density at radius 1 is 0.974 bits per heavy atom. The second kappa shape index (κ2) is 10.3. The molecule has 0 radical (unpaired) electrons. The Morgan fingerprint density at radius 3 is 2.32 bits per heavy atom. The van der Waals surface area contributed by atoms with Crippen LogP contribution in [-0.2, 0) is 14.3 Å².